The third-order valence-corrected chi connectivity index (χ3v) is 7.08. The summed E-state index contributed by atoms with van der Waals surface area (Å²) in [4.78, 5) is 50.5. The van der Waals surface area contributed by atoms with E-state index in [1.807, 2.05) is 0 Å². The molecule has 0 spiro atoms. The van der Waals surface area contributed by atoms with E-state index in [0.717, 1.165) is 10.8 Å². The number of nitrogens with two attached hydrogens (primary N) is 1. The van der Waals surface area contributed by atoms with Crippen molar-refractivity contribution < 1.29 is 61.4 Å². The molecule has 0 aliphatic carbocycles. The van der Waals surface area contributed by atoms with Gasteiger partial charge in [0.1, 0.15) is 24.1 Å². The molecule has 1 saturated heterocycles. The van der Waals surface area contributed by atoms with E-state index in [4.69, 9.17) is 25.2 Å². The van der Waals surface area contributed by atoms with E-state index >= 15 is 0 Å². The number of hydrogen-bond donors (Lipinski definition) is 7. The highest BCUT2D eigenvalue weighted by atomic mass is 31.3. The summed E-state index contributed by atoms with van der Waals surface area (Å²) in [5.41, 5.74) is 4.39. The van der Waals surface area contributed by atoms with Crippen molar-refractivity contribution in [2.24, 2.45) is 0 Å². The summed E-state index contributed by atoms with van der Waals surface area (Å²) in [6, 6.07) is 1.20. The standard InChI is InChI=1S/C9H16N3O14P3/c10-5-1-2-12(9(15)11-5)8-7(14)6(13)4(24-8)3-23-28(19,20)26-29(21,22)25-27(16,17)18/h1-2,4,6-8,13-14H,3H2,(H,19,20)(H,21,22)(H2,10,11,15)(H2,16,17,18)/t4-,6-,7-,8-/m1/s1/i9+2. The first-order valence-corrected chi connectivity index (χ1v) is 11.8. The lowest BCUT2D eigenvalue weighted by Crippen LogP contribution is -2.36. The van der Waals surface area contributed by atoms with E-state index in [-0.39, 0.29) is 5.82 Å². The minimum atomic E-state index is -5.71. The molecular formula is C9H16N3O14P3. The Balaban J connectivity index is 2.05. The van der Waals surface area contributed by atoms with E-state index in [1.165, 1.54) is 6.07 Å². The number of phosphoric ester groups is 1. The fourth-order valence-corrected chi connectivity index (χ4v) is 5.22. The Morgan fingerprint density at radius 3 is 2.31 bits per heavy atom. The SMILES string of the molecule is Nc1ccn([C@@H]2O[C@H](COP(=O)(O)OP(=O)(O)OP(=O)(O)O)[C@@H](O)[C@H]2O)[14c](=O)n1. The minimum absolute atomic E-state index is 0.122. The number of aliphatic hydroxyl groups excluding tert-OH is 2. The number of rotatable bonds is 8. The van der Waals surface area contributed by atoms with Crippen molar-refractivity contribution in [1.82, 2.24) is 9.55 Å². The number of ether oxygens (including phenoxy) is 1. The zero-order valence-corrected chi connectivity index (χ0v) is 16.6. The van der Waals surface area contributed by atoms with Gasteiger partial charge in [0, 0.05) is 6.20 Å². The maximum Gasteiger partial charge on any atom is 0.490 e. The summed E-state index contributed by atoms with van der Waals surface area (Å²) in [6.45, 7) is -1.02. The van der Waals surface area contributed by atoms with Crippen LogP contribution in [0.2, 0.25) is 0 Å². The van der Waals surface area contributed by atoms with Crippen LogP contribution in [0, 0.1) is 0 Å². The molecule has 2 unspecified atom stereocenters. The van der Waals surface area contributed by atoms with Gasteiger partial charge in [-0.1, -0.05) is 0 Å². The Morgan fingerprint density at radius 2 is 1.76 bits per heavy atom. The van der Waals surface area contributed by atoms with Crippen molar-refractivity contribution in [3.8, 4) is 0 Å². The second-order valence-electron chi connectivity index (χ2n) is 5.48. The molecule has 0 amide bonds. The van der Waals surface area contributed by atoms with Gasteiger partial charge in [-0.25, -0.2) is 18.5 Å². The van der Waals surface area contributed by atoms with Gasteiger partial charge in [-0.15, -0.1) is 0 Å². The Labute approximate surface area is 160 Å². The molecule has 2 heterocycles. The summed E-state index contributed by atoms with van der Waals surface area (Å²) in [5, 5.41) is 20.0. The molecule has 1 aromatic heterocycles. The molecule has 17 nitrogen and oxygen atoms in total. The summed E-state index contributed by atoms with van der Waals surface area (Å²) in [7, 11) is -16.7. The van der Waals surface area contributed by atoms with Crippen LogP contribution in [0.25, 0.3) is 0 Å². The Bertz CT molecular complexity index is 946. The van der Waals surface area contributed by atoms with Gasteiger partial charge < -0.3 is 40.3 Å². The second kappa shape index (κ2) is 8.61. The van der Waals surface area contributed by atoms with Crippen molar-refractivity contribution >= 4 is 29.3 Å². The average Bonchev–Trinajstić information content (AvgIpc) is 2.78. The zero-order valence-electron chi connectivity index (χ0n) is 13.9. The van der Waals surface area contributed by atoms with Crippen molar-refractivity contribution in [1.29, 1.82) is 0 Å². The van der Waals surface area contributed by atoms with Crippen LogP contribution in [0.5, 0.6) is 0 Å². The van der Waals surface area contributed by atoms with Gasteiger partial charge in [0.2, 0.25) is 0 Å². The molecule has 8 N–H and O–H groups in total. The summed E-state index contributed by atoms with van der Waals surface area (Å²) in [6.07, 6.45) is -5.38. The van der Waals surface area contributed by atoms with Crippen LogP contribution in [0.15, 0.2) is 17.1 Å². The van der Waals surface area contributed by atoms with E-state index in [1.54, 1.807) is 0 Å². The molecule has 166 valence electrons. The van der Waals surface area contributed by atoms with Crippen molar-refractivity contribution in [3.05, 3.63) is 22.7 Å². The lowest BCUT2D eigenvalue weighted by atomic mass is 10.1. The van der Waals surface area contributed by atoms with Crippen LogP contribution < -0.4 is 11.4 Å². The monoisotopic (exact) mass is 485 g/mol. The highest BCUT2D eigenvalue weighted by Gasteiger charge is 2.46. The van der Waals surface area contributed by atoms with Gasteiger partial charge in [-0.05, 0) is 6.07 Å². The topological polar surface area (TPSA) is 270 Å². The van der Waals surface area contributed by atoms with Gasteiger partial charge in [0.05, 0.1) is 6.61 Å². The number of phosphoric acid groups is 3. The summed E-state index contributed by atoms with van der Waals surface area (Å²) < 4.78 is 50.8. The summed E-state index contributed by atoms with van der Waals surface area (Å²) >= 11 is 0. The number of hydrogen-bond acceptors (Lipinski definition) is 12. The van der Waals surface area contributed by atoms with Gasteiger partial charge in [-0.3, -0.25) is 9.09 Å². The van der Waals surface area contributed by atoms with E-state index < -0.39 is 60.3 Å². The summed E-state index contributed by atoms with van der Waals surface area (Å²) in [5.74, 6) is -0.122. The smallest absolute Gasteiger partial charge is 0.387 e. The largest absolute Gasteiger partial charge is 0.490 e. The Morgan fingerprint density at radius 1 is 1.14 bits per heavy atom. The van der Waals surface area contributed by atoms with Crippen LogP contribution >= 0.6 is 23.5 Å². The maximum absolute atomic E-state index is 11.8. The molecule has 20 heteroatoms. The Kier molecular flexibility index (Phi) is 7.20. The fraction of sp³-hybridized carbons (Fsp3) is 0.556. The lowest BCUT2D eigenvalue weighted by molar-refractivity contribution is -0.0541. The third-order valence-electron chi connectivity index (χ3n) is 3.28. The molecule has 1 aliphatic heterocycles. The Hall–Kier alpha value is -1.03. The van der Waals surface area contributed by atoms with Crippen LogP contribution in [0.1, 0.15) is 6.23 Å². The molecule has 2 rings (SSSR count). The number of aromatic nitrogens is 2. The first kappa shape index (κ1) is 24.2. The molecule has 0 saturated carbocycles. The van der Waals surface area contributed by atoms with Crippen LogP contribution in [-0.2, 0) is 31.6 Å². The lowest BCUT2D eigenvalue weighted by Gasteiger charge is -2.19. The zero-order chi connectivity index (χ0) is 22.2. The van der Waals surface area contributed by atoms with Crippen LogP contribution in [-0.4, -0.2) is 64.3 Å². The molecule has 6 atom stereocenters. The first-order valence-electron chi connectivity index (χ1n) is 7.25. The predicted octanol–water partition coefficient (Wildman–Crippen LogP) is -2.21. The quantitative estimate of drug-likeness (QED) is 0.192. The molecule has 29 heavy (non-hydrogen) atoms. The van der Waals surface area contributed by atoms with Gasteiger partial charge in [0.25, 0.3) is 0 Å². The van der Waals surface area contributed by atoms with E-state index in [0.29, 0.717) is 0 Å². The molecule has 0 radical (unpaired) electrons. The second-order valence-corrected chi connectivity index (χ2v) is 9.90. The highest BCUT2D eigenvalue weighted by molar-refractivity contribution is 7.66. The number of aliphatic hydroxyl groups is 2. The molecule has 1 aromatic rings. The predicted molar refractivity (Wildman–Crippen MR) is 88.6 cm³/mol. The van der Waals surface area contributed by atoms with Crippen LogP contribution in [0.3, 0.4) is 0 Å². The number of nitrogens with zero attached hydrogens (tertiary/aromatic N) is 2. The number of nitrogen functional groups attached to an aromatic ring is 1. The fourth-order valence-electron chi connectivity index (χ4n) is 2.19. The van der Waals surface area contributed by atoms with Gasteiger partial charge in [-0.2, -0.15) is 13.6 Å². The van der Waals surface area contributed by atoms with Gasteiger partial charge in [0.15, 0.2) is 6.23 Å². The molecular weight excluding hydrogens is 469 g/mol. The average molecular weight is 485 g/mol. The van der Waals surface area contributed by atoms with E-state index in [2.05, 4.69) is 18.1 Å². The third kappa shape index (κ3) is 6.73. The molecule has 1 aliphatic rings. The van der Waals surface area contributed by atoms with Crippen molar-refractivity contribution in [2.75, 3.05) is 12.3 Å². The van der Waals surface area contributed by atoms with Crippen molar-refractivity contribution in [2.45, 2.75) is 24.5 Å². The first-order chi connectivity index (χ1) is 13.1. The maximum atomic E-state index is 11.8. The highest BCUT2D eigenvalue weighted by Crippen LogP contribution is 2.66. The molecule has 0 aromatic carbocycles. The number of anilines is 1. The normalized spacial score (nSPS) is 29.3. The van der Waals surface area contributed by atoms with E-state index in [9.17, 15) is 33.6 Å². The molecule has 0 bridgehead atoms. The minimum Gasteiger partial charge on any atom is -0.387 e. The van der Waals surface area contributed by atoms with Gasteiger partial charge >= 0.3 is 29.2 Å². The molecule has 1 fully saturated rings. The van der Waals surface area contributed by atoms with Crippen LogP contribution in [0.4, 0.5) is 5.82 Å². The van der Waals surface area contributed by atoms with Crippen molar-refractivity contribution in [3.63, 3.8) is 0 Å².